The third-order valence-corrected chi connectivity index (χ3v) is 4.05. The summed E-state index contributed by atoms with van der Waals surface area (Å²) in [7, 11) is 0. The van der Waals surface area contributed by atoms with Crippen LogP contribution in [0.1, 0.15) is 34.5 Å². The lowest BCUT2D eigenvalue weighted by molar-refractivity contribution is 0.150. The largest absolute Gasteiger partial charge is 0.327 e. The predicted octanol–water partition coefficient (Wildman–Crippen LogP) is 5.24. The smallest absolute Gasteiger partial charge is 0.264 e. The van der Waals surface area contributed by atoms with Crippen molar-refractivity contribution in [1.29, 1.82) is 0 Å². The van der Waals surface area contributed by atoms with Crippen molar-refractivity contribution in [3.63, 3.8) is 0 Å². The molecule has 4 heteroatoms. The molecule has 0 bridgehead atoms. The first-order valence-electron chi connectivity index (χ1n) is 7.70. The molecule has 2 nitrogen and oxygen atoms in total. The number of halogens is 2. The molecule has 0 radical (unpaired) electrons. The van der Waals surface area contributed by atoms with Gasteiger partial charge in [-0.05, 0) is 23.6 Å². The van der Waals surface area contributed by atoms with Gasteiger partial charge < -0.3 is 4.57 Å². The molecule has 0 spiro atoms. The lowest BCUT2D eigenvalue weighted by atomic mass is 9.96. The van der Waals surface area contributed by atoms with Gasteiger partial charge in [0, 0.05) is 30.1 Å². The fraction of sp³-hybridized carbons (Fsp3) is 0.150. The van der Waals surface area contributed by atoms with Crippen molar-refractivity contribution >= 4 is 5.57 Å². The Balaban J connectivity index is 1.98. The van der Waals surface area contributed by atoms with Gasteiger partial charge in [-0.2, -0.15) is 0 Å². The molecule has 0 fully saturated rings. The predicted molar refractivity (Wildman–Crippen MR) is 92.0 cm³/mol. The Morgan fingerprint density at radius 1 is 1.12 bits per heavy atom. The Hall–Kier alpha value is -2.75. The molecule has 1 heterocycles. The fourth-order valence-corrected chi connectivity index (χ4v) is 2.84. The number of aromatic nitrogens is 2. The van der Waals surface area contributed by atoms with E-state index in [-0.39, 0.29) is 5.56 Å². The van der Waals surface area contributed by atoms with E-state index in [2.05, 4.69) is 11.6 Å². The zero-order valence-corrected chi connectivity index (χ0v) is 13.4. The van der Waals surface area contributed by atoms with Gasteiger partial charge in [-0.25, -0.2) is 13.8 Å². The average Bonchev–Trinajstić information content (AvgIpc) is 3.02. The number of hydrogen-bond donors (Lipinski definition) is 0. The number of aryl methyl sites for hydroxylation is 1. The zero-order valence-electron chi connectivity index (χ0n) is 13.4. The molecule has 2 aromatic carbocycles. The summed E-state index contributed by atoms with van der Waals surface area (Å²) < 4.78 is 28.9. The van der Waals surface area contributed by atoms with Gasteiger partial charge in [0.1, 0.15) is 5.82 Å². The summed E-state index contributed by atoms with van der Waals surface area (Å²) in [6.45, 7) is 6.34. The summed E-state index contributed by atoms with van der Waals surface area (Å²) in [5.41, 5.74) is 2.66. The van der Waals surface area contributed by atoms with E-state index in [1.54, 1.807) is 31.3 Å². The van der Waals surface area contributed by atoms with Gasteiger partial charge in [0.15, 0.2) is 0 Å². The third-order valence-electron chi connectivity index (χ3n) is 4.05. The fourth-order valence-electron chi connectivity index (χ4n) is 2.84. The number of alkyl halides is 2. The molecular weight excluding hydrogens is 306 g/mol. The lowest BCUT2D eigenvalue weighted by Crippen LogP contribution is -2.06. The number of hydrogen-bond acceptors (Lipinski definition) is 1. The topological polar surface area (TPSA) is 17.8 Å². The van der Waals surface area contributed by atoms with E-state index in [9.17, 15) is 8.78 Å². The van der Waals surface area contributed by atoms with Crippen LogP contribution in [0.15, 0.2) is 67.5 Å². The highest BCUT2D eigenvalue weighted by Gasteiger charge is 2.20. The quantitative estimate of drug-likeness (QED) is 0.627. The van der Waals surface area contributed by atoms with Crippen molar-refractivity contribution in [3.8, 4) is 0 Å². The van der Waals surface area contributed by atoms with Gasteiger partial charge in [-0.15, -0.1) is 0 Å². The molecular formula is C20H18F2N2. The standard InChI is InChI=1S/C20H18F2N2/c1-14-7-6-10-17(18(14)19(21)22)15(2)20-23-11-12-24(20)13-16-8-4-3-5-9-16/h3-12,19H,2,13H2,1H3. The Morgan fingerprint density at radius 2 is 1.88 bits per heavy atom. The van der Waals surface area contributed by atoms with E-state index in [1.165, 1.54) is 0 Å². The molecule has 3 rings (SSSR count). The first kappa shape index (κ1) is 16.1. The molecule has 0 atom stereocenters. The zero-order chi connectivity index (χ0) is 17.1. The van der Waals surface area contributed by atoms with Crippen LogP contribution in [0.25, 0.3) is 5.57 Å². The van der Waals surface area contributed by atoms with Crippen LogP contribution < -0.4 is 0 Å². The molecule has 0 aliphatic rings. The highest BCUT2D eigenvalue weighted by Crippen LogP contribution is 2.32. The van der Waals surface area contributed by atoms with Crippen LogP contribution in [0.5, 0.6) is 0 Å². The molecule has 0 amide bonds. The Kier molecular flexibility index (Phi) is 4.56. The molecule has 0 unspecified atom stereocenters. The van der Waals surface area contributed by atoms with Crippen LogP contribution in [0.2, 0.25) is 0 Å². The van der Waals surface area contributed by atoms with Crippen molar-refractivity contribution in [1.82, 2.24) is 9.55 Å². The van der Waals surface area contributed by atoms with Crippen LogP contribution in [-0.2, 0) is 6.54 Å². The van der Waals surface area contributed by atoms with Gasteiger partial charge >= 0.3 is 0 Å². The van der Waals surface area contributed by atoms with Crippen LogP contribution >= 0.6 is 0 Å². The van der Waals surface area contributed by atoms with Crippen LogP contribution in [-0.4, -0.2) is 9.55 Å². The summed E-state index contributed by atoms with van der Waals surface area (Å²) >= 11 is 0. The van der Waals surface area contributed by atoms with Gasteiger partial charge in [0.25, 0.3) is 6.43 Å². The molecule has 0 saturated carbocycles. The van der Waals surface area contributed by atoms with E-state index >= 15 is 0 Å². The van der Waals surface area contributed by atoms with Crippen LogP contribution in [0, 0.1) is 6.92 Å². The van der Waals surface area contributed by atoms with Crippen molar-refractivity contribution in [2.24, 2.45) is 0 Å². The first-order valence-corrected chi connectivity index (χ1v) is 7.70. The van der Waals surface area contributed by atoms with Gasteiger partial charge in [0.05, 0.1) is 0 Å². The summed E-state index contributed by atoms with van der Waals surface area (Å²) in [6, 6.07) is 15.1. The minimum atomic E-state index is -2.55. The Bertz CT molecular complexity index is 851. The number of imidazole rings is 1. The second kappa shape index (κ2) is 6.79. The molecule has 122 valence electrons. The minimum absolute atomic E-state index is 0.0248. The highest BCUT2D eigenvalue weighted by molar-refractivity contribution is 5.77. The maximum absolute atomic E-state index is 13.5. The second-order valence-electron chi connectivity index (χ2n) is 5.68. The first-order chi connectivity index (χ1) is 11.6. The number of nitrogens with zero attached hydrogens (tertiary/aromatic N) is 2. The van der Waals surface area contributed by atoms with Gasteiger partial charge in [-0.1, -0.05) is 55.1 Å². The van der Waals surface area contributed by atoms with Crippen LogP contribution in [0.3, 0.4) is 0 Å². The summed E-state index contributed by atoms with van der Waals surface area (Å²) in [4.78, 5) is 4.34. The van der Waals surface area contributed by atoms with E-state index in [0.717, 1.165) is 5.56 Å². The van der Waals surface area contributed by atoms with Crippen molar-refractivity contribution in [2.45, 2.75) is 19.9 Å². The third kappa shape index (κ3) is 3.13. The molecule has 0 saturated heterocycles. The average molecular weight is 324 g/mol. The minimum Gasteiger partial charge on any atom is -0.327 e. The number of rotatable bonds is 5. The highest BCUT2D eigenvalue weighted by atomic mass is 19.3. The number of benzene rings is 2. The molecule has 0 aliphatic heterocycles. The Labute approximate surface area is 140 Å². The van der Waals surface area contributed by atoms with Gasteiger partial charge in [-0.3, -0.25) is 0 Å². The Morgan fingerprint density at radius 3 is 2.58 bits per heavy atom. The molecule has 24 heavy (non-hydrogen) atoms. The monoisotopic (exact) mass is 324 g/mol. The van der Waals surface area contributed by atoms with Crippen LogP contribution in [0.4, 0.5) is 8.78 Å². The van der Waals surface area contributed by atoms with E-state index in [0.29, 0.717) is 29.1 Å². The van der Waals surface area contributed by atoms with Crippen molar-refractivity contribution in [2.75, 3.05) is 0 Å². The summed E-state index contributed by atoms with van der Waals surface area (Å²) in [6.07, 6.45) is 0.961. The van der Waals surface area contributed by atoms with E-state index in [1.807, 2.05) is 41.1 Å². The lowest BCUT2D eigenvalue weighted by Gasteiger charge is -2.15. The molecule has 1 aromatic heterocycles. The molecule has 0 N–H and O–H groups in total. The van der Waals surface area contributed by atoms with Gasteiger partial charge in [0.2, 0.25) is 0 Å². The summed E-state index contributed by atoms with van der Waals surface area (Å²) in [5, 5.41) is 0. The maximum atomic E-state index is 13.5. The normalized spacial score (nSPS) is 11.0. The van der Waals surface area contributed by atoms with Crippen molar-refractivity contribution in [3.05, 3.63) is 95.6 Å². The second-order valence-corrected chi connectivity index (χ2v) is 5.68. The van der Waals surface area contributed by atoms with Crippen molar-refractivity contribution < 1.29 is 8.78 Å². The SMILES string of the molecule is C=C(c1cccc(C)c1C(F)F)c1nccn1Cc1ccccc1. The maximum Gasteiger partial charge on any atom is 0.264 e. The summed E-state index contributed by atoms with van der Waals surface area (Å²) in [5.74, 6) is 0.603. The molecule has 3 aromatic rings. The van der Waals surface area contributed by atoms with E-state index in [4.69, 9.17) is 0 Å². The molecule has 0 aliphatic carbocycles. The van der Waals surface area contributed by atoms with E-state index < -0.39 is 6.43 Å².